The Balaban J connectivity index is 1.68. The number of carbonyl (C=O) groups is 1. The largest absolute Gasteiger partial charge is 0.298 e. The molecule has 3 nitrogen and oxygen atoms in total. The molecule has 0 radical (unpaired) electrons. The molecule has 2 aromatic carbocycles. The van der Waals surface area contributed by atoms with Crippen LogP contribution in [0.4, 0.5) is 5.13 Å². The van der Waals surface area contributed by atoms with E-state index >= 15 is 0 Å². The molecule has 1 aromatic heterocycles. The highest BCUT2D eigenvalue weighted by atomic mass is 79.9. The highest BCUT2D eigenvalue weighted by molar-refractivity contribution is 9.10. The lowest BCUT2D eigenvalue weighted by Gasteiger charge is -2.02. The van der Waals surface area contributed by atoms with E-state index < -0.39 is 0 Å². The fraction of sp³-hybridized carbons (Fsp3) is 0.0588. The van der Waals surface area contributed by atoms with Gasteiger partial charge in [-0.1, -0.05) is 35.9 Å². The fourth-order valence-corrected chi connectivity index (χ4v) is 3.35. The molecule has 0 aliphatic rings. The van der Waals surface area contributed by atoms with Crippen LogP contribution in [-0.4, -0.2) is 10.9 Å². The molecule has 3 rings (SSSR count). The smallest absolute Gasteiger partial charge is 0.257 e. The van der Waals surface area contributed by atoms with Gasteiger partial charge in [-0.15, -0.1) is 11.3 Å². The topological polar surface area (TPSA) is 42.0 Å². The van der Waals surface area contributed by atoms with E-state index in [0.29, 0.717) is 15.7 Å². The van der Waals surface area contributed by atoms with Crippen LogP contribution in [0.2, 0.25) is 5.02 Å². The Kier molecular flexibility index (Phi) is 5.10. The first kappa shape index (κ1) is 16.2. The summed E-state index contributed by atoms with van der Waals surface area (Å²) in [5, 5.41) is 4.10. The maximum Gasteiger partial charge on any atom is 0.257 e. The normalized spacial score (nSPS) is 10.5. The number of hydrogen-bond acceptors (Lipinski definition) is 3. The summed E-state index contributed by atoms with van der Waals surface area (Å²) in [6.45, 7) is 0. The van der Waals surface area contributed by atoms with Crippen LogP contribution in [0.5, 0.6) is 0 Å². The number of aromatic nitrogens is 1. The molecule has 1 amide bonds. The van der Waals surface area contributed by atoms with Crippen LogP contribution in [0.15, 0.2) is 59.2 Å². The van der Waals surface area contributed by atoms with Gasteiger partial charge >= 0.3 is 0 Å². The lowest BCUT2D eigenvalue weighted by atomic mass is 10.1. The predicted octanol–water partition coefficient (Wildman–Crippen LogP) is 5.40. The van der Waals surface area contributed by atoms with Crippen molar-refractivity contribution in [2.75, 3.05) is 5.32 Å². The van der Waals surface area contributed by atoms with Crippen molar-refractivity contribution < 1.29 is 4.79 Å². The molecule has 6 heteroatoms. The molecular weight excluding hydrogens is 396 g/mol. The second-order valence-corrected chi connectivity index (χ2v) is 7.25. The number of nitrogens with zero attached hydrogens (tertiary/aromatic N) is 1. The van der Waals surface area contributed by atoms with Crippen LogP contribution >= 0.6 is 38.9 Å². The van der Waals surface area contributed by atoms with Crippen LogP contribution in [0.1, 0.15) is 20.8 Å². The Bertz CT molecular complexity index is 836. The van der Waals surface area contributed by atoms with Gasteiger partial charge in [-0.3, -0.25) is 10.1 Å². The third kappa shape index (κ3) is 4.19. The minimum absolute atomic E-state index is 0.154. The summed E-state index contributed by atoms with van der Waals surface area (Å²) in [6.07, 6.45) is 2.51. The third-order valence-electron chi connectivity index (χ3n) is 3.17. The molecule has 0 unspecified atom stereocenters. The van der Waals surface area contributed by atoms with Crippen LogP contribution in [0, 0.1) is 0 Å². The number of amides is 1. The number of anilines is 1. The number of halogens is 2. The van der Waals surface area contributed by atoms with E-state index in [-0.39, 0.29) is 5.91 Å². The van der Waals surface area contributed by atoms with Crippen molar-refractivity contribution in [2.24, 2.45) is 0 Å². The van der Waals surface area contributed by atoms with Gasteiger partial charge in [0.25, 0.3) is 5.91 Å². The Morgan fingerprint density at radius 1 is 1.22 bits per heavy atom. The maximum atomic E-state index is 12.1. The second-order valence-electron chi connectivity index (χ2n) is 4.88. The summed E-state index contributed by atoms with van der Waals surface area (Å²) < 4.78 is 0.878. The molecule has 0 bridgehead atoms. The standard InChI is InChI=1S/C17H12BrClN2OS/c18-14-7-6-11(9-15(14)19)8-13-10-20-17(23-13)21-16(22)12-4-2-1-3-5-12/h1-7,9-10H,8H2,(H,20,21,22). The molecule has 23 heavy (non-hydrogen) atoms. The van der Waals surface area contributed by atoms with Crippen molar-refractivity contribution in [2.45, 2.75) is 6.42 Å². The maximum absolute atomic E-state index is 12.1. The Morgan fingerprint density at radius 2 is 2.00 bits per heavy atom. The number of nitrogens with one attached hydrogen (secondary N) is 1. The number of hydrogen-bond donors (Lipinski definition) is 1. The molecule has 0 saturated heterocycles. The average Bonchev–Trinajstić information content (AvgIpc) is 2.99. The molecule has 0 aliphatic heterocycles. The van der Waals surface area contributed by atoms with E-state index in [4.69, 9.17) is 11.6 Å². The molecular formula is C17H12BrClN2OS. The van der Waals surface area contributed by atoms with Crippen LogP contribution in [0.25, 0.3) is 0 Å². The molecule has 0 aliphatic carbocycles. The fourth-order valence-electron chi connectivity index (χ4n) is 2.06. The van der Waals surface area contributed by atoms with Crippen molar-refractivity contribution in [1.29, 1.82) is 0 Å². The average molecular weight is 408 g/mol. The Labute approximate surface area is 151 Å². The first-order valence-electron chi connectivity index (χ1n) is 6.87. The number of rotatable bonds is 4. The van der Waals surface area contributed by atoms with Crippen molar-refractivity contribution >= 4 is 49.9 Å². The SMILES string of the molecule is O=C(Nc1ncc(Cc2ccc(Br)c(Cl)c2)s1)c1ccccc1. The molecule has 1 N–H and O–H groups in total. The monoisotopic (exact) mass is 406 g/mol. The van der Waals surface area contributed by atoms with E-state index in [1.54, 1.807) is 18.3 Å². The zero-order chi connectivity index (χ0) is 16.2. The van der Waals surface area contributed by atoms with Gasteiger partial charge in [0, 0.05) is 27.5 Å². The summed E-state index contributed by atoms with van der Waals surface area (Å²) >= 11 is 10.9. The van der Waals surface area contributed by atoms with Crippen molar-refractivity contribution in [1.82, 2.24) is 4.98 Å². The third-order valence-corrected chi connectivity index (χ3v) is 5.32. The van der Waals surface area contributed by atoms with Gasteiger partial charge in [-0.25, -0.2) is 4.98 Å². The summed E-state index contributed by atoms with van der Waals surface area (Å²) in [5.74, 6) is -0.154. The van der Waals surface area contributed by atoms with E-state index in [2.05, 4.69) is 26.2 Å². The molecule has 3 aromatic rings. The summed E-state index contributed by atoms with van der Waals surface area (Å²) in [5.41, 5.74) is 1.71. The van der Waals surface area contributed by atoms with E-state index in [1.165, 1.54) is 11.3 Å². The minimum Gasteiger partial charge on any atom is -0.298 e. The van der Waals surface area contributed by atoms with Gasteiger partial charge in [0.15, 0.2) is 5.13 Å². The van der Waals surface area contributed by atoms with Gasteiger partial charge in [0.1, 0.15) is 0 Å². The van der Waals surface area contributed by atoms with Gasteiger partial charge in [-0.05, 0) is 45.8 Å². The zero-order valence-corrected chi connectivity index (χ0v) is 15.1. The van der Waals surface area contributed by atoms with Crippen LogP contribution in [0.3, 0.4) is 0 Å². The van der Waals surface area contributed by atoms with Gasteiger partial charge in [0.2, 0.25) is 0 Å². The minimum atomic E-state index is -0.154. The molecule has 0 atom stereocenters. The van der Waals surface area contributed by atoms with E-state index in [1.807, 2.05) is 36.4 Å². The molecule has 116 valence electrons. The summed E-state index contributed by atoms with van der Waals surface area (Å²) in [4.78, 5) is 17.4. The number of carbonyl (C=O) groups excluding carboxylic acids is 1. The zero-order valence-electron chi connectivity index (χ0n) is 11.9. The number of benzene rings is 2. The molecule has 0 saturated carbocycles. The first-order valence-corrected chi connectivity index (χ1v) is 8.85. The first-order chi connectivity index (χ1) is 11.1. The van der Waals surface area contributed by atoms with Crippen LogP contribution < -0.4 is 5.32 Å². The summed E-state index contributed by atoms with van der Waals surface area (Å²) in [7, 11) is 0. The van der Waals surface area contributed by atoms with E-state index in [0.717, 1.165) is 21.3 Å². The van der Waals surface area contributed by atoms with Gasteiger partial charge < -0.3 is 0 Å². The van der Waals surface area contributed by atoms with E-state index in [9.17, 15) is 4.79 Å². The van der Waals surface area contributed by atoms with Crippen molar-refractivity contribution in [3.05, 3.63) is 80.2 Å². The Hall–Kier alpha value is -1.69. The highest BCUT2D eigenvalue weighted by Crippen LogP contribution is 2.26. The van der Waals surface area contributed by atoms with Crippen molar-refractivity contribution in [3.8, 4) is 0 Å². The number of thiazole rings is 1. The molecule has 0 fully saturated rings. The highest BCUT2D eigenvalue weighted by Gasteiger charge is 2.09. The van der Waals surface area contributed by atoms with Gasteiger partial charge in [-0.2, -0.15) is 0 Å². The second kappa shape index (κ2) is 7.25. The molecule has 0 spiro atoms. The Morgan fingerprint density at radius 3 is 2.74 bits per heavy atom. The quantitative estimate of drug-likeness (QED) is 0.629. The summed E-state index contributed by atoms with van der Waals surface area (Å²) in [6, 6.07) is 14.9. The lowest BCUT2D eigenvalue weighted by molar-refractivity contribution is 0.102. The lowest BCUT2D eigenvalue weighted by Crippen LogP contribution is -2.11. The molecule has 1 heterocycles. The predicted molar refractivity (Wildman–Crippen MR) is 98.5 cm³/mol. The van der Waals surface area contributed by atoms with Crippen LogP contribution in [-0.2, 0) is 6.42 Å². The van der Waals surface area contributed by atoms with Gasteiger partial charge in [0.05, 0.1) is 5.02 Å². The van der Waals surface area contributed by atoms with Crippen molar-refractivity contribution in [3.63, 3.8) is 0 Å².